The van der Waals surface area contributed by atoms with E-state index in [9.17, 15) is 39.4 Å². The Morgan fingerprint density at radius 2 is 0.947 bits per heavy atom. The zero-order valence-corrected chi connectivity index (χ0v) is 19.4. The van der Waals surface area contributed by atoms with Crippen molar-refractivity contribution in [1.82, 2.24) is 0 Å². The summed E-state index contributed by atoms with van der Waals surface area (Å²) in [6, 6.07) is 21.1. The first-order valence-corrected chi connectivity index (χ1v) is 11.0. The van der Waals surface area contributed by atoms with Gasteiger partial charge in [-0.15, -0.1) is 0 Å². The van der Waals surface area contributed by atoms with Gasteiger partial charge in [0.15, 0.2) is 0 Å². The fourth-order valence-corrected chi connectivity index (χ4v) is 3.81. The first kappa shape index (κ1) is 25.5. The molecule has 0 spiro atoms. The highest BCUT2D eigenvalue weighted by molar-refractivity contribution is 6.51. The Kier molecular flexibility index (Phi) is 7.06. The van der Waals surface area contributed by atoms with Gasteiger partial charge < -0.3 is 0 Å². The second-order valence-corrected chi connectivity index (χ2v) is 8.02. The van der Waals surface area contributed by atoms with E-state index in [-0.39, 0.29) is 39.1 Å². The number of carbonyl (C=O) groups is 4. The molecule has 0 saturated carbocycles. The van der Waals surface area contributed by atoms with E-state index in [1.54, 1.807) is 18.2 Å². The first-order chi connectivity index (χ1) is 18.2. The third-order valence-corrected chi connectivity index (χ3v) is 5.71. The van der Waals surface area contributed by atoms with Crippen LogP contribution in [0.3, 0.4) is 0 Å². The number of nitrogens with zero attached hydrogens (tertiary/aromatic N) is 2. The summed E-state index contributed by atoms with van der Waals surface area (Å²) in [5.74, 6) is -3.80. The van der Waals surface area contributed by atoms with E-state index in [1.165, 1.54) is 36.4 Å². The van der Waals surface area contributed by atoms with Crippen LogP contribution in [0.5, 0.6) is 0 Å². The van der Waals surface area contributed by atoms with Crippen molar-refractivity contribution < 1.29 is 29.0 Å². The van der Waals surface area contributed by atoms with Crippen molar-refractivity contribution >= 4 is 34.5 Å². The van der Waals surface area contributed by atoms with Gasteiger partial charge in [0.1, 0.15) is 0 Å². The summed E-state index contributed by atoms with van der Waals surface area (Å²) >= 11 is 0. The van der Waals surface area contributed by atoms with Crippen molar-refractivity contribution in [2.75, 3.05) is 0 Å². The largest absolute Gasteiger partial charge is 0.285 e. The topological polar surface area (TPSA) is 155 Å². The van der Waals surface area contributed by atoms with Crippen LogP contribution in [-0.4, -0.2) is 33.0 Å². The van der Waals surface area contributed by atoms with Crippen molar-refractivity contribution in [1.29, 1.82) is 0 Å². The molecule has 0 aliphatic rings. The summed E-state index contributed by atoms with van der Waals surface area (Å²) in [5, 5.41) is 22.4. The van der Waals surface area contributed by atoms with Gasteiger partial charge in [0.2, 0.25) is 23.1 Å². The van der Waals surface area contributed by atoms with Crippen LogP contribution in [0.1, 0.15) is 41.4 Å². The van der Waals surface area contributed by atoms with Crippen LogP contribution >= 0.6 is 0 Å². The quantitative estimate of drug-likeness (QED) is 0.128. The summed E-state index contributed by atoms with van der Waals surface area (Å²) in [5.41, 5.74) is -1.08. The molecule has 0 saturated heterocycles. The van der Waals surface area contributed by atoms with Gasteiger partial charge in [0, 0.05) is 52.1 Å². The summed E-state index contributed by atoms with van der Waals surface area (Å²) < 4.78 is 0. The van der Waals surface area contributed by atoms with E-state index < -0.39 is 38.7 Å². The van der Waals surface area contributed by atoms with E-state index >= 15 is 0 Å². The van der Waals surface area contributed by atoms with Crippen molar-refractivity contribution in [2.45, 2.75) is 0 Å². The fourth-order valence-electron chi connectivity index (χ4n) is 3.81. The molecule has 0 fully saturated rings. The van der Waals surface area contributed by atoms with Crippen LogP contribution in [0.25, 0.3) is 11.1 Å². The maximum Gasteiger partial charge on any atom is 0.270 e. The second kappa shape index (κ2) is 10.5. The highest BCUT2D eigenvalue weighted by atomic mass is 16.6. The minimum Gasteiger partial charge on any atom is -0.285 e. The predicted octanol–water partition coefficient (Wildman–Crippen LogP) is 5.30. The van der Waals surface area contributed by atoms with Gasteiger partial charge in [-0.3, -0.25) is 39.4 Å². The van der Waals surface area contributed by atoms with Gasteiger partial charge in [-0.2, -0.15) is 0 Å². The smallest absolute Gasteiger partial charge is 0.270 e. The molecule has 0 radical (unpaired) electrons. The van der Waals surface area contributed by atoms with Crippen molar-refractivity contribution in [2.24, 2.45) is 0 Å². The molecule has 4 rings (SSSR count). The number of hydrogen-bond donors (Lipinski definition) is 0. The maximum absolute atomic E-state index is 13.3. The van der Waals surface area contributed by atoms with Crippen LogP contribution in [0, 0.1) is 20.2 Å². The number of Topliss-reactive ketones (excluding diaryl/α,β-unsaturated/α-hetero) is 4. The normalized spacial score (nSPS) is 10.4. The summed E-state index contributed by atoms with van der Waals surface area (Å²) in [6.07, 6.45) is 0. The number of rotatable bonds is 9. The molecule has 0 amide bonds. The van der Waals surface area contributed by atoms with Gasteiger partial charge in [0.25, 0.3) is 11.4 Å². The van der Waals surface area contributed by atoms with Gasteiger partial charge in [0.05, 0.1) is 9.85 Å². The summed E-state index contributed by atoms with van der Waals surface area (Å²) in [7, 11) is 0. The lowest BCUT2D eigenvalue weighted by Gasteiger charge is -2.13. The zero-order valence-electron chi connectivity index (χ0n) is 19.4. The number of ketones is 4. The summed E-state index contributed by atoms with van der Waals surface area (Å²) in [6.45, 7) is 0. The highest BCUT2D eigenvalue weighted by Crippen LogP contribution is 2.32. The Bertz CT molecular complexity index is 1630. The van der Waals surface area contributed by atoms with Crippen LogP contribution < -0.4 is 0 Å². The lowest BCUT2D eigenvalue weighted by atomic mass is 9.88. The van der Waals surface area contributed by atoms with Crippen LogP contribution in [0.15, 0.2) is 97.1 Å². The van der Waals surface area contributed by atoms with E-state index in [0.29, 0.717) is 0 Å². The molecule has 4 aromatic rings. The Labute approximate surface area is 214 Å². The number of carbonyl (C=O) groups excluding carboxylic acids is 4. The van der Waals surface area contributed by atoms with E-state index in [0.717, 1.165) is 42.5 Å². The molecule has 0 aliphatic carbocycles. The van der Waals surface area contributed by atoms with Crippen molar-refractivity contribution in [3.63, 3.8) is 0 Å². The molecule has 0 unspecified atom stereocenters. The third kappa shape index (κ3) is 5.00. The Morgan fingerprint density at radius 3 is 1.53 bits per heavy atom. The zero-order chi connectivity index (χ0) is 27.4. The maximum atomic E-state index is 13.3. The molecule has 186 valence electrons. The number of non-ortho nitro benzene ring substituents is 2. The number of hydrogen-bond acceptors (Lipinski definition) is 8. The third-order valence-electron chi connectivity index (χ3n) is 5.71. The average Bonchev–Trinajstić information content (AvgIpc) is 2.95. The van der Waals surface area contributed by atoms with Crippen molar-refractivity contribution in [3.8, 4) is 11.1 Å². The molecule has 0 N–H and O–H groups in total. The van der Waals surface area contributed by atoms with Gasteiger partial charge in [-0.05, 0) is 23.8 Å². The van der Waals surface area contributed by atoms with E-state index in [1.807, 2.05) is 0 Å². The molecular weight excluding hydrogens is 492 g/mol. The second-order valence-electron chi connectivity index (χ2n) is 8.02. The Morgan fingerprint density at radius 1 is 0.474 bits per heavy atom. The molecule has 38 heavy (non-hydrogen) atoms. The molecule has 0 aliphatic heterocycles. The minimum absolute atomic E-state index is 0.0466. The monoisotopic (exact) mass is 508 g/mol. The van der Waals surface area contributed by atoms with Gasteiger partial charge in [-0.25, -0.2) is 0 Å². The van der Waals surface area contributed by atoms with Crippen molar-refractivity contribution in [3.05, 3.63) is 140 Å². The molecule has 10 nitrogen and oxygen atoms in total. The Hall–Kier alpha value is -5.64. The predicted molar refractivity (Wildman–Crippen MR) is 135 cm³/mol. The van der Waals surface area contributed by atoms with Gasteiger partial charge >= 0.3 is 0 Å². The molecule has 0 aromatic heterocycles. The average molecular weight is 508 g/mol. The number of benzene rings is 4. The minimum atomic E-state index is -1.06. The van der Waals surface area contributed by atoms with Crippen LogP contribution in [-0.2, 0) is 0 Å². The standard InChI is InChI=1S/C28H16N2O8/c31-25(17-6-2-1-3-7-17)27(33)22-9-5-4-8-21(22)24-16-20(30(37)38)14-15-23(24)28(34)26(32)18-10-12-19(13-11-18)29(35)36/h1-16H. The highest BCUT2D eigenvalue weighted by Gasteiger charge is 2.28. The molecule has 4 aromatic carbocycles. The molecular formula is C28H16N2O8. The first-order valence-electron chi connectivity index (χ1n) is 11.0. The molecule has 10 heteroatoms. The number of nitro benzene ring substituents is 2. The molecule has 0 atom stereocenters. The lowest BCUT2D eigenvalue weighted by molar-refractivity contribution is -0.385. The van der Waals surface area contributed by atoms with Gasteiger partial charge in [-0.1, -0.05) is 54.6 Å². The lowest BCUT2D eigenvalue weighted by Crippen LogP contribution is -2.18. The number of nitro groups is 2. The Balaban J connectivity index is 1.82. The molecule has 0 bridgehead atoms. The SMILES string of the molecule is O=C(C(=O)c1ccccc1-c1cc([N+](=O)[O-])ccc1C(=O)C(=O)c1ccc([N+](=O)[O-])cc1)c1ccccc1. The van der Waals surface area contributed by atoms with E-state index in [4.69, 9.17) is 0 Å². The van der Waals surface area contributed by atoms with Crippen LogP contribution in [0.2, 0.25) is 0 Å². The summed E-state index contributed by atoms with van der Waals surface area (Å²) in [4.78, 5) is 73.3. The fraction of sp³-hybridized carbons (Fsp3) is 0. The molecule has 0 heterocycles. The van der Waals surface area contributed by atoms with E-state index in [2.05, 4.69) is 0 Å². The van der Waals surface area contributed by atoms with Crippen LogP contribution in [0.4, 0.5) is 11.4 Å².